The van der Waals surface area contributed by atoms with E-state index in [4.69, 9.17) is 9.47 Å². The molecule has 11 nitrogen and oxygen atoms in total. The topological polar surface area (TPSA) is 143 Å². The monoisotopic (exact) mass is 802 g/mol. The van der Waals surface area contributed by atoms with Gasteiger partial charge in [-0.2, -0.15) is 0 Å². The van der Waals surface area contributed by atoms with Crippen LogP contribution in [0.2, 0.25) is 0 Å². The van der Waals surface area contributed by atoms with E-state index < -0.39 is 23.0 Å². The van der Waals surface area contributed by atoms with Gasteiger partial charge in [-0.25, -0.2) is 4.79 Å². The van der Waals surface area contributed by atoms with Crippen molar-refractivity contribution in [2.45, 2.75) is 43.9 Å². The minimum Gasteiger partial charge on any atom is -0.494 e. The molecule has 57 heavy (non-hydrogen) atoms. The quantitative estimate of drug-likeness (QED) is 0.0581. The van der Waals surface area contributed by atoms with E-state index in [1.54, 1.807) is 90.7 Å². The number of carbonyl (C=O) groups is 5. The molecule has 1 unspecified atom stereocenters. The van der Waals surface area contributed by atoms with Crippen LogP contribution >= 0.6 is 23.1 Å². The Kier molecular flexibility index (Phi) is 13.6. The highest BCUT2D eigenvalue weighted by Gasteiger charge is 2.32. The number of carbonyl (C=O) groups excluding carboxylic acids is 5. The molecule has 5 aromatic rings. The second-order valence-electron chi connectivity index (χ2n) is 12.9. The van der Waals surface area contributed by atoms with E-state index in [-0.39, 0.29) is 24.1 Å². The standard InChI is InChI=1S/C44H42N4O7S2/c1-4-54-33-21-19-29(20-22-33)25-36(46-40(50)31-15-10-7-11-16-31)41(51)45-32-17-12-18-34(26-32)56-39(30-13-8-6-9-14-30)42(52)47-43-38(44(53)55-5-2)35-23-24-48(28(3)49)27-37(35)57-43/h6-22,25-26,39H,4-5,23-24,27H2,1-3H3,(H,45,51)(H,46,50)(H,47,52)/b36-25+. The van der Waals surface area contributed by atoms with Crippen LogP contribution in [0.1, 0.15) is 68.3 Å². The number of thioether (sulfide) groups is 1. The predicted octanol–water partition coefficient (Wildman–Crippen LogP) is 8.11. The van der Waals surface area contributed by atoms with Gasteiger partial charge >= 0.3 is 5.97 Å². The molecule has 13 heteroatoms. The molecule has 1 aliphatic heterocycles. The number of anilines is 2. The number of esters is 1. The van der Waals surface area contributed by atoms with Crippen LogP contribution in [0, 0.1) is 0 Å². The minimum atomic E-state index is -0.764. The van der Waals surface area contributed by atoms with Crippen molar-refractivity contribution < 1.29 is 33.4 Å². The first kappa shape index (κ1) is 40.5. The second kappa shape index (κ2) is 19.1. The largest absolute Gasteiger partial charge is 0.494 e. The summed E-state index contributed by atoms with van der Waals surface area (Å²) in [6, 6.07) is 32.1. The van der Waals surface area contributed by atoms with Crippen molar-refractivity contribution in [1.29, 1.82) is 0 Å². The number of rotatable bonds is 14. The van der Waals surface area contributed by atoms with E-state index in [0.717, 1.165) is 16.0 Å². The third-order valence-electron chi connectivity index (χ3n) is 8.94. The summed E-state index contributed by atoms with van der Waals surface area (Å²) in [6.07, 6.45) is 2.06. The van der Waals surface area contributed by atoms with Crippen LogP contribution in [0.4, 0.5) is 10.7 Å². The van der Waals surface area contributed by atoms with Crippen molar-refractivity contribution in [3.8, 4) is 5.75 Å². The van der Waals surface area contributed by atoms with Crippen molar-refractivity contribution >= 4 is 69.5 Å². The maximum atomic E-state index is 14.3. The number of hydrogen-bond acceptors (Lipinski definition) is 9. The normalized spacial score (nSPS) is 12.8. The van der Waals surface area contributed by atoms with Gasteiger partial charge in [0.25, 0.3) is 11.8 Å². The lowest BCUT2D eigenvalue weighted by molar-refractivity contribution is -0.129. The van der Waals surface area contributed by atoms with Gasteiger partial charge in [-0.1, -0.05) is 66.7 Å². The highest BCUT2D eigenvalue weighted by molar-refractivity contribution is 8.00. The Morgan fingerprint density at radius 2 is 1.58 bits per heavy atom. The van der Waals surface area contributed by atoms with Crippen LogP contribution in [-0.2, 0) is 32.1 Å². The number of amides is 4. The van der Waals surface area contributed by atoms with Crippen molar-refractivity contribution in [2.24, 2.45) is 0 Å². The molecule has 1 atom stereocenters. The molecule has 0 aliphatic carbocycles. The van der Waals surface area contributed by atoms with Crippen LogP contribution in [0.5, 0.6) is 5.75 Å². The number of ether oxygens (including phenoxy) is 2. The average Bonchev–Trinajstić information content (AvgIpc) is 3.58. The highest BCUT2D eigenvalue weighted by atomic mass is 32.2. The van der Waals surface area contributed by atoms with Crippen LogP contribution in [-0.4, -0.2) is 54.3 Å². The molecule has 3 N–H and O–H groups in total. The molecule has 0 radical (unpaired) electrons. The maximum absolute atomic E-state index is 14.3. The van der Waals surface area contributed by atoms with Gasteiger partial charge in [-0.15, -0.1) is 23.1 Å². The van der Waals surface area contributed by atoms with Crippen molar-refractivity contribution in [2.75, 3.05) is 30.4 Å². The summed E-state index contributed by atoms with van der Waals surface area (Å²) in [5.74, 6) is -1.27. The molecule has 0 saturated heterocycles. The summed E-state index contributed by atoms with van der Waals surface area (Å²) in [5.41, 5.74) is 3.36. The zero-order chi connectivity index (χ0) is 40.3. The van der Waals surface area contributed by atoms with Gasteiger partial charge in [0.1, 0.15) is 21.7 Å². The molecular formula is C44H42N4O7S2. The smallest absolute Gasteiger partial charge is 0.341 e. The van der Waals surface area contributed by atoms with Crippen LogP contribution in [0.15, 0.2) is 120 Å². The van der Waals surface area contributed by atoms with Gasteiger partial charge in [-0.3, -0.25) is 19.2 Å². The van der Waals surface area contributed by atoms with Crippen molar-refractivity contribution in [3.05, 3.63) is 148 Å². The Labute approximate surface area is 339 Å². The molecular weight excluding hydrogens is 761 g/mol. The third-order valence-corrected chi connectivity index (χ3v) is 11.3. The van der Waals surface area contributed by atoms with E-state index in [2.05, 4.69) is 16.0 Å². The molecule has 0 saturated carbocycles. The molecule has 0 bridgehead atoms. The lowest BCUT2D eigenvalue weighted by Gasteiger charge is -2.25. The first-order valence-electron chi connectivity index (χ1n) is 18.5. The Morgan fingerprint density at radius 3 is 2.26 bits per heavy atom. The molecule has 2 heterocycles. The Bertz CT molecular complexity index is 2280. The molecule has 4 amide bonds. The molecule has 1 aromatic heterocycles. The average molecular weight is 803 g/mol. The van der Waals surface area contributed by atoms with E-state index in [1.807, 2.05) is 43.3 Å². The first-order valence-corrected chi connectivity index (χ1v) is 20.1. The van der Waals surface area contributed by atoms with E-state index >= 15 is 0 Å². The number of benzene rings is 4. The van der Waals surface area contributed by atoms with Crippen LogP contribution < -0.4 is 20.7 Å². The predicted molar refractivity (Wildman–Crippen MR) is 223 cm³/mol. The van der Waals surface area contributed by atoms with Crippen LogP contribution in [0.25, 0.3) is 6.08 Å². The maximum Gasteiger partial charge on any atom is 0.341 e. The van der Waals surface area contributed by atoms with Gasteiger partial charge < -0.3 is 30.3 Å². The molecule has 0 spiro atoms. The third kappa shape index (κ3) is 10.4. The fourth-order valence-corrected chi connectivity index (χ4v) is 8.51. The lowest BCUT2D eigenvalue weighted by atomic mass is 10.0. The molecule has 1 aliphatic rings. The number of thiophene rings is 1. The van der Waals surface area contributed by atoms with E-state index in [9.17, 15) is 24.0 Å². The summed E-state index contributed by atoms with van der Waals surface area (Å²) in [6.45, 7) is 6.63. The summed E-state index contributed by atoms with van der Waals surface area (Å²) < 4.78 is 11.0. The zero-order valence-electron chi connectivity index (χ0n) is 31.7. The number of hydrogen-bond donors (Lipinski definition) is 3. The SMILES string of the molecule is CCOC(=O)c1c(NC(=O)C(Sc2cccc(NC(=O)/C(=C\c3ccc(OCC)cc3)NC(=O)c3ccccc3)c2)c2ccccc2)sc2c1CCN(C(C)=O)C2. The summed E-state index contributed by atoms with van der Waals surface area (Å²) in [4.78, 5) is 70.0. The molecule has 292 valence electrons. The highest BCUT2D eigenvalue weighted by Crippen LogP contribution is 2.41. The summed E-state index contributed by atoms with van der Waals surface area (Å²) >= 11 is 2.55. The fraction of sp³-hybridized carbons (Fsp3) is 0.205. The van der Waals surface area contributed by atoms with Gasteiger partial charge in [0.2, 0.25) is 11.8 Å². The van der Waals surface area contributed by atoms with Gasteiger partial charge in [0.15, 0.2) is 0 Å². The fourth-order valence-electron chi connectivity index (χ4n) is 6.18. The first-order chi connectivity index (χ1) is 27.6. The Balaban J connectivity index is 1.25. The van der Waals surface area contributed by atoms with Crippen molar-refractivity contribution in [3.63, 3.8) is 0 Å². The molecule has 0 fully saturated rings. The van der Waals surface area contributed by atoms with E-state index in [0.29, 0.717) is 64.1 Å². The van der Waals surface area contributed by atoms with Crippen molar-refractivity contribution in [1.82, 2.24) is 10.2 Å². The van der Waals surface area contributed by atoms with Gasteiger partial charge in [0, 0.05) is 34.5 Å². The number of fused-ring (bicyclic) bond motifs is 1. The summed E-state index contributed by atoms with van der Waals surface area (Å²) in [7, 11) is 0. The lowest BCUT2D eigenvalue weighted by Crippen LogP contribution is -2.34. The van der Waals surface area contributed by atoms with E-state index in [1.165, 1.54) is 30.0 Å². The number of nitrogens with zero attached hydrogens (tertiary/aromatic N) is 1. The van der Waals surface area contributed by atoms with Gasteiger partial charge in [-0.05, 0) is 85.5 Å². The molecule has 4 aromatic carbocycles. The minimum absolute atomic E-state index is 0.0232. The zero-order valence-corrected chi connectivity index (χ0v) is 33.3. The number of nitrogens with one attached hydrogen (secondary N) is 3. The Hall–Kier alpha value is -6.18. The van der Waals surface area contributed by atoms with Gasteiger partial charge in [0.05, 0.1) is 25.3 Å². The second-order valence-corrected chi connectivity index (χ2v) is 15.2. The molecule has 6 rings (SSSR count). The summed E-state index contributed by atoms with van der Waals surface area (Å²) in [5, 5.41) is 8.31. The Morgan fingerprint density at radius 1 is 0.860 bits per heavy atom. The van der Waals surface area contributed by atoms with Crippen LogP contribution in [0.3, 0.4) is 0 Å².